The topological polar surface area (TPSA) is 89.0 Å². The van der Waals surface area contributed by atoms with Crippen molar-refractivity contribution in [3.05, 3.63) is 77.7 Å². The average Bonchev–Trinajstić information content (AvgIpc) is 3.28. The first-order chi connectivity index (χ1) is 16.0. The molecule has 1 fully saturated rings. The summed E-state index contributed by atoms with van der Waals surface area (Å²) in [6, 6.07) is 13.1. The molecule has 2 atom stereocenters. The minimum absolute atomic E-state index is 0.153. The summed E-state index contributed by atoms with van der Waals surface area (Å²) in [5.41, 5.74) is 1.61. The summed E-state index contributed by atoms with van der Waals surface area (Å²) in [4.78, 5) is 31.1. The van der Waals surface area contributed by atoms with E-state index in [9.17, 15) is 19.1 Å². The van der Waals surface area contributed by atoms with Crippen LogP contribution in [-0.2, 0) is 4.79 Å². The lowest BCUT2D eigenvalue weighted by Gasteiger charge is -2.29. The number of carbonyl (C=O) groups is 2. The fourth-order valence-corrected chi connectivity index (χ4v) is 4.30. The molecule has 1 aliphatic rings. The van der Waals surface area contributed by atoms with Crippen LogP contribution in [-0.4, -0.2) is 47.1 Å². The summed E-state index contributed by atoms with van der Waals surface area (Å²) in [7, 11) is 3.01. The van der Waals surface area contributed by atoms with Crippen molar-refractivity contribution in [2.45, 2.75) is 24.9 Å². The molecule has 2 aromatic carbocycles. The second-order valence-electron chi connectivity index (χ2n) is 7.66. The zero-order chi connectivity index (χ0) is 23.5. The van der Waals surface area contributed by atoms with Crippen molar-refractivity contribution in [1.29, 1.82) is 0 Å². The Bertz CT molecular complexity index is 1200. The van der Waals surface area contributed by atoms with Crippen LogP contribution in [0.25, 0.3) is 11.3 Å². The zero-order valence-electron chi connectivity index (χ0n) is 18.2. The van der Waals surface area contributed by atoms with Crippen LogP contribution in [0.1, 0.15) is 34.8 Å². The number of carbonyl (C=O) groups excluding carboxylic acids is 1. The van der Waals surface area contributed by atoms with Gasteiger partial charge in [-0.1, -0.05) is 30.3 Å². The molecule has 2 heterocycles. The Kier molecular flexibility index (Phi) is 6.26. The molecule has 0 bridgehead atoms. The fraction of sp³-hybridized carbons (Fsp3) is 0.240. The van der Waals surface area contributed by atoms with Crippen molar-refractivity contribution in [2.75, 3.05) is 14.2 Å². The number of para-hydroxylation sites is 1. The van der Waals surface area contributed by atoms with Crippen molar-refractivity contribution in [3.63, 3.8) is 0 Å². The molecule has 7 nitrogen and oxygen atoms in total. The minimum Gasteiger partial charge on any atom is -0.496 e. The third-order valence-corrected chi connectivity index (χ3v) is 5.85. The number of amides is 1. The summed E-state index contributed by atoms with van der Waals surface area (Å²) < 4.78 is 25.4. The quantitative estimate of drug-likeness (QED) is 0.601. The van der Waals surface area contributed by atoms with E-state index in [2.05, 4.69) is 4.98 Å². The first kappa shape index (κ1) is 22.3. The van der Waals surface area contributed by atoms with E-state index in [1.165, 1.54) is 30.3 Å². The minimum atomic E-state index is -1.13. The van der Waals surface area contributed by atoms with Crippen LogP contribution < -0.4 is 9.47 Å². The second-order valence-corrected chi connectivity index (χ2v) is 7.66. The van der Waals surface area contributed by atoms with Crippen LogP contribution in [0.3, 0.4) is 0 Å². The Morgan fingerprint density at radius 1 is 1.03 bits per heavy atom. The molecular formula is C25H23FN2O5. The smallest absolute Gasteiger partial charge is 0.326 e. The van der Waals surface area contributed by atoms with E-state index < -0.39 is 29.8 Å². The van der Waals surface area contributed by atoms with Crippen molar-refractivity contribution in [2.24, 2.45) is 0 Å². The van der Waals surface area contributed by atoms with Crippen LogP contribution in [0.5, 0.6) is 11.5 Å². The fourth-order valence-electron chi connectivity index (χ4n) is 4.30. The number of halogens is 1. The van der Waals surface area contributed by atoms with Gasteiger partial charge in [0.2, 0.25) is 0 Å². The number of aliphatic carboxylic acids is 1. The van der Waals surface area contributed by atoms with Crippen molar-refractivity contribution < 1.29 is 28.6 Å². The van der Waals surface area contributed by atoms with Crippen LogP contribution in [0.4, 0.5) is 4.39 Å². The first-order valence-corrected chi connectivity index (χ1v) is 10.4. The molecule has 0 spiro atoms. The van der Waals surface area contributed by atoms with E-state index in [1.807, 2.05) is 18.2 Å². The molecule has 0 saturated carbocycles. The highest BCUT2D eigenvalue weighted by Crippen LogP contribution is 2.40. The number of hydrogen-bond donors (Lipinski definition) is 1. The number of likely N-dealkylation sites (tertiary alicyclic amines) is 1. The van der Waals surface area contributed by atoms with Crippen LogP contribution in [0.2, 0.25) is 0 Å². The van der Waals surface area contributed by atoms with Crippen LogP contribution >= 0.6 is 0 Å². The molecule has 33 heavy (non-hydrogen) atoms. The Morgan fingerprint density at radius 3 is 2.42 bits per heavy atom. The summed E-state index contributed by atoms with van der Waals surface area (Å²) in [6.07, 6.45) is 1.94. The number of ether oxygens (including phenoxy) is 2. The maximum atomic E-state index is 14.5. The van der Waals surface area contributed by atoms with E-state index in [4.69, 9.17) is 9.47 Å². The van der Waals surface area contributed by atoms with E-state index in [1.54, 1.807) is 31.4 Å². The highest BCUT2D eigenvalue weighted by Gasteiger charge is 2.43. The standard InChI is InChI=1S/C25H23FN2O5/c1-32-21-10-6-4-8-17(21)23-22(33-2)13-15(14-27-23)24(29)28-19(11-12-20(28)25(30)31)16-7-3-5-9-18(16)26/h3-10,13-14,19-20H,11-12H2,1-2H3,(H,30,31)/t19-,20+/m1/s1. The molecule has 170 valence electrons. The predicted octanol–water partition coefficient (Wildman–Crippen LogP) is 4.34. The van der Waals surface area contributed by atoms with Gasteiger partial charge in [0.05, 0.1) is 25.8 Å². The Hall–Kier alpha value is -3.94. The van der Waals surface area contributed by atoms with Gasteiger partial charge >= 0.3 is 5.97 Å². The maximum absolute atomic E-state index is 14.5. The number of nitrogens with zero attached hydrogens (tertiary/aromatic N) is 2. The van der Waals surface area contributed by atoms with Crippen LogP contribution in [0.15, 0.2) is 60.8 Å². The molecule has 0 unspecified atom stereocenters. The largest absolute Gasteiger partial charge is 0.496 e. The lowest BCUT2D eigenvalue weighted by molar-refractivity contribution is -0.141. The lowest BCUT2D eigenvalue weighted by Crippen LogP contribution is -2.42. The van der Waals surface area contributed by atoms with E-state index in [0.29, 0.717) is 34.7 Å². The van der Waals surface area contributed by atoms with Gasteiger partial charge in [0, 0.05) is 17.3 Å². The van der Waals surface area contributed by atoms with Gasteiger partial charge in [-0.05, 0) is 37.1 Å². The molecule has 1 amide bonds. The number of carboxylic acids is 1. The van der Waals surface area contributed by atoms with Gasteiger partial charge in [-0.3, -0.25) is 9.78 Å². The molecule has 1 saturated heterocycles. The van der Waals surface area contributed by atoms with Gasteiger partial charge in [0.25, 0.3) is 5.91 Å². The molecular weight excluding hydrogens is 427 g/mol. The summed E-state index contributed by atoms with van der Waals surface area (Å²) >= 11 is 0. The summed E-state index contributed by atoms with van der Waals surface area (Å²) in [5.74, 6) is -1.24. The van der Waals surface area contributed by atoms with Gasteiger partial charge in [-0.25, -0.2) is 9.18 Å². The number of aromatic nitrogens is 1. The number of rotatable bonds is 6. The average molecular weight is 450 g/mol. The highest BCUT2D eigenvalue weighted by atomic mass is 19.1. The number of pyridine rings is 1. The number of hydrogen-bond acceptors (Lipinski definition) is 5. The monoisotopic (exact) mass is 450 g/mol. The van der Waals surface area contributed by atoms with Crippen molar-refractivity contribution in [3.8, 4) is 22.8 Å². The number of methoxy groups -OCH3 is 2. The number of benzene rings is 2. The normalized spacial score (nSPS) is 17.6. The summed E-state index contributed by atoms with van der Waals surface area (Å²) in [5, 5.41) is 9.72. The van der Waals surface area contributed by atoms with E-state index >= 15 is 0 Å². The molecule has 3 aromatic rings. The lowest BCUT2D eigenvalue weighted by atomic mass is 10.0. The van der Waals surface area contributed by atoms with Crippen LogP contribution in [0, 0.1) is 5.82 Å². The third-order valence-electron chi connectivity index (χ3n) is 5.85. The number of carboxylic acid groups (broad SMARTS) is 1. The van der Waals surface area contributed by atoms with Crippen molar-refractivity contribution in [1.82, 2.24) is 9.88 Å². The Balaban J connectivity index is 1.75. The van der Waals surface area contributed by atoms with Gasteiger partial charge < -0.3 is 19.5 Å². The van der Waals surface area contributed by atoms with Gasteiger partial charge in [-0.2, -0.15) is 0 Å². The second kappa shape index (κ2) is 9.28. The molecule has 1 aliphatic heterocycles. The molecule has 0 radical (unpaired) electrons. The molecule has 1 aromatic heterocycles. The molecule has 1 N–H and O–H groups in total. The van der Waals surface area contributed by atoms with E-state index in [-0.39, 0.29) is 12.0 Å². The highest BCUT2D eigenvalue weighted by molar-refractivity contribution is 5.98. The predicted molar refractivity (Wildman–Crippen MR) is 119 cm³/mol. The van der Waals surface area contributed by atoms with Gasteiger partial charge in [-0.15, -0.1) is 0 Å². The van der Waals surface area contributed by atoms with Gasteiger partial charge in [0.1, 0.15) is 29.1 Å². The van der Waals surface area contributed by atoms with Crippen molar-refractivity contribution >= 4 is 11.9 Å². The molecule has 4 rings (SSSR count). The van der Waals surface area contributed by atoms with Gasteiger partial charge in [0.15, 0.2) is 0 Å². The first-order valence-electron chi connectivity index (χ1n) is 10.4. The maximum Gasteiger partial charge on any atom is 0.326 e. The SMILES string of the molecule is COc1ccccc1-c1ncc(C(=O)N2[C@@H](c3ccccc3F)CC[C@H]2C(=O)O)cc1OC. The summed E-state index contributed by atoms with van der Waals surface area (Å²) in [6.45, 7) is 0. The molecule has 0 aliphatic carbocycles. The Morgan fingerprint density at radius 2 is 1.73 bits per heavy atom. The van der Waals surface area contributed by atoms with E-state index in [0.717, 1.165) is 0 Å². The molecule has 8 heteroatoms. The zero-order valence-corrected chi connectivity index (χ0v) is 18.2. The third kappa shape index (κ3) is 4.11. The Labute approximate surface area is 190 Å².